The lowest BCUT2D eigenvalue weighted by molar-refractivity contribution is 0.670. The maximum atomic E-state index is 6.78. The van der Waals surface area contributed by atoms with Crippen LogP contribution in [-0.4, -0.2) is 19.9 Å². The highest BCUT2D eigenvalue weighted by atomic mass is 16.3. The van der Waals surface area contributed by atoms with Gasteiger partial charge in [-0.2, -0.15) is 0 Å². The highest BCUT2D eigenvalue weighted by Gasteiger charge is 2.20. The predicted octanol–water partition coefficient (Wildman–Crippen LogP) is 11.8. The second kappa shape index (κ2) is 11.9. The lowest BCUT2D eigenvalue weighted by Gasteiger charge is -2.11. The van der Waals surface area contributed by atoms with Crippen LogP contribution in [0.15, 0.2) is 175 Å². The molecular formula is C46H28N4O. The number of furan rings is 1. The quantitative estimate of drug-likeness (QED) is 0.173. The van der Waals surface area contributed by atoms with Gasteiger partial charge in [0.1, 0.15) is 11.2 Å². The summed E-state index contributed by atoms with van der Waals surface area (Å²) in [7, 11) is 0. The Labute approximate surface area is 293 Å². The van der Waals surface area contributed by atoms with Crippen LogP contribution in [0.4, 0.5) is 0 Å². The molecule has 5 heteroatoms. The van der Waals surface area contributed by atoms with Gasteiger partial charge in [0, 0.05) is 50.5 Å². The maximum Gasteiger partial charge on any atom is 0.143 e. The van der Waals surface area contributed by atoms with Crippen LogP contribution < -0.4 is 0 Å². The van der Waals surface area contributed by atoms with Gasteiger partial charge in [-0.25, -0.2) is 9.97 Å². The van der Waals surface area contributed by atoms with E-state index in [-0.39, 0.29) is 0 Å². The smallest absolute Gasteiger partial charge is 0.143 e. The number of fused-ring (bicyclic) bond motifs is 7. The van der Waals surface area contributed by atoms with Crippen molar-refractivity contribution in [1.29, 1.82) is 0 Å². The summed E-state index contributed by atoms with van der Waals surface area (Å²) in [5.74, 6) is 0. The summed E-state index contributed by atoms with van der Waals surface area (Å²) in [6.07, 6.45) is 3.65. The second-order valence-electron chi connectivity index (χ2n) is 12.6. The summed E-state index contributed by atoms with van der Waals surface area (Å²) >= 11 is 0. The van der Waals surface area contributed by atoms with E-state index < -0.39 is 0 Å². The molecule has 0 unspecified atom stereocenters. The van der Waals surface area contributed by atoms with E-state index >= 15 is 0 Å². The molecule has 238 valence electrons. The van der Waals surface area contributed by atoms with E-state index in [4.69, 9.17) is 19.4 Å². The van der Waals surface area contributed by atoms with Crippen LogP contribution in [0.3, 0.4) is 0 Å². The minimum absolute atomic E-state index is 0.769. The fourth-order valence-corrected chi connectivity index (χ4v) is 7.22. The Morgan fingerprint density at radius 1 is 0.392 bits per heavy atom. The summed E-state index contributed by atoms with van der Waals surface area (Å²) in [6, 6.07) is 54.0. The average Bonchev–Trinajstić information content (AvgIpc) is 3.60. The highest BCUT2D eigenvalue weighted by Crippen LogP contribution is 2.43. The fraction of sp³-hybridized carbons (Fsp3) is 0. The molecule has 5 nitrogen and oxygen atoms in total. The summed E-state index contributed by atoms with van der Waals surface area (Å²) in [4.78, 5) is 19.6. The van der Waals surface area contributed by atoms with Gasteiger partial charge in [-0.05, 0) is 71.3 Å². The molecule has 0 atom stereocenters. The van der Waals surface area contributed by atoms with Gasteiger partial charge < -0.3 is 4.42 Å². The highest BCUT2D eigenvalue weighted by molar-refractivity contribution is 6.29. The van der Waals surface area contributed by atoms with E-state index in [0.717, 1.165) is 99.9 Å². The fourth-order valence-electron chi connectivity index (χ4n) is 7.22. The normalized spacial score (nSPS) is 11.5. The van der Waals surface area contributed by atoms with E-state index in [1.807, 2.05) is 60.8 Å². The Kier molecular flexibility index (Phi) is 6.74. The predicted molar refractivity (Wildman–Crippen MR) is 207 cm³/mol. The van der Waals surface area contributed by atoms with Gasteiger partial charge in [0.2, 0.25) is 0 Å². The van der Waals surface area contributed by atoms with Crippen molar-refractivity contribution in [1.82, 2.24) is 19.9 Å². The van der Waals surface area contributed by atoms with Gasteiger partial charge in [0.15, 0.2) is 0 Å². The Morgan fingerprint density at radius 2 is 1.10 bits per heavy atom. The van der Waals surface area contributed by atoms with Crippen LogP contribution >= 0.6 is 0 Å². The van der Waals surface area contributed by atoms with Crippen molar-refractivity contribution >= 4 is 43.6 Å². The third-order valence-electron chi connectivity index (χ3n) is 9.56. The first-order valence-corrected chi connectivity index (χ1v) is 17.0. The van der Waals surface area contributed by atoms with E-state index in [9.17, 15) is 0 Å². The number of rotatable bonds is 5. The molecule has 10 rings (SSSR count). The Hall–Kier alpha value is -6.98. The summed E-state index contributed by atoms with van der Waals surface area (Å²) in [6.45, 7) is 0. The van der Waals surface area contributed by atoms with E-state index in [1.54, 1.807) is 6.20 Å². The minimum Gasteiger partial charge on any atom is -0.455 e. The lowest BCUT2D eigenvalue weighted by atomic mass is 9.95. The van der Waals surface area contributed by atoms with Crippen molar-refractivity contribution < 1.29 is 4.42 Å². The number of aromatic nitrogens is 4. The minimum atomic E-state index is 0.769. The zero-order valence-electron chi connectivity index (χ0n) is 27.4. The molecule has 5 aromatic heterocycles. The van der Waals surface area contributed by atoms with Crippen molar-refractivity contribution in [3.05, 3.63) is 170 Å². The summed E-state index contributed by atoms with van der Waals surface area (Å²) in [5.41, 5.74) is 12.0. The Balaban J connectivity index is 1.17. The number of hydrogen-bond donors (Lipinski definition) is 0. The molecule has 51 heavy (non-hydrogen) atoms. The standard InChI is InChI=1S/C46H28N4O/c1-3-12-29(13-4-1)32-27-40(38-20-9-10-24-47-38)49-41(28-32)39-26-31(23-25-48-39)33-17-11-18-36-44-42(51-46(33)36)22-21-35-43(44)34-16-7-8-19-37(34)50-45(35)30-14-5-2-6-15-30/h1-28H. The number of benzene rings is 5. The van der Waals surface area contributed by atoms with Gasteiger partial charge >= 0.3 is 0 Å². The lowest BCUT2D eigenvalue weighted by Crippen LogP contribution is -1.94. The van der Waals surface area contributed by atoms with E-state index in [2.05, 4.69) is 108 Å². The summed E-state index contributed by atoms with van der Waals surface area (Å²) < 4.78 is 6.78. The first-order valence-electron chi connectivity index (χ1n) is 17.0. The van der Waals surface area contributed by atoms with Crippen molar-refractivity contribution in [3.8, 4) is 56.3 Å². The number of hydrogen-bond acceptors (Lipinski definition) is 5. The number of para-hydroxylation sites is 2. The van der Waals surface area contributed by atoms with Crippen molar-refractivity contribution in [2.45, 2.75) is 0 Å². The molecule has 5 heterocycles. The van der Waals surface area contributed by atoms with E-state index in [0.29, 0.717) is 0 Å². The molecule has 0 amide bonds. The second-order valence-corrected chi connectivity index (χ2v) is 12.6. The van der Waals surface area contributed by atoms with Crippen molar-refractivity contribution in [3.63, 3.8) is 0 Å². The molecule has 0 fully saturated rings. The van der Waals surface area contributed by atoms with Gasteiger partial charge in [-0.15, -0.1) is 0 Å². The third kappa shape index (κ3) is 4.94. The topological polar surface area (TPSA) is 64.7 Å². The molecule has 0 aliphatic rings. The van der Waals surface area contributed by atoms with E-state index in [1.165, 1.54) is 0 Å². The molecule has 5 aromatic carbocycles. The molecule has 0 N–H and O–H groups in total. The molecule has 0 radical (unpaired) electrons. The first kappa shape index (κ1) is 29.0. The molecule has 0 aliphatic heterocycles. The molecule has 10 aromatic rings. The number of pyridine rings is 4. The molecule has 0 bridgehead atoms. The van der Waals surface area contributed by atoms with Crippen LogP contribution in [0.1, 0.15) is 0 Å². The molecular weight excluding hydrogens is 625 g/mol. The van der Waals surface area contributed by atoms with Crippen molar-refractivity contribution in [2.24, 2.45) is 0 Å². The zero-order chi connectivity index (χ0) is 33.7. The van der Waals surface area contributed by atoms with Crippen LogP contribution in [0.25, 0.3) is 99.9 Å². The Bertz CT molecular complexity index is 2840. The molecule has 0 saturated carbocycles. The van der Waals surface area contributed by atoms with Gasteiger partial charge in [0.25, 0.3) is 0 Å². The van der Waals surface area contributed by atoms with Crippen LogP contribution in [0.5, 0.6) is 0 Å². The largest absolute Gasteiger partial charge is 0.455 e. The van der Waals surface area contributed by atoms with Crippen LogP contribution in [0.2, 0.25) is 0 Å². The maximum absolute atomic E-state index is 6.78. The number of nitrogens with zero attached hydrogens (tertiary/aromatic N) is 4. The van der Waals surface area contributed by atoms with Gasteiger partial charge in [-0.1, -0.05) is 103 Å². The summed E-state index contributed by atoms with van der Waals surface area (Å²) in [5, 5.41) is 5.49. The van der Waals surface area contributed by atoms with Crippen molar-refractivity contribution in [2.75, 3.05) is 0 Å². The van der Waals surface area contributed by atoms with Gasteiger partial charge in [0.05, 0.1) is 34.0 Å². The third-order valence-corrected chi connectivity index (χ3v) is 9.56. The molecule has 0 spiro atoms. The Morgan fingerprint density at radius 3 is 1.92 bits per heavy atom. The monoisotopic (exact) mass is 652 g/mol. The van der Waals surface area contributed by atoms with Gasteiger partial charge in [-0.3, -0.25) is 9.97 Å². The molecule has 0 saturated heterocycles. The SMILES string of the molecule is c1ccc(-c2cc(-c3ccccn3)nc(-c3cc(-c4cccc5c4oc4ccc6c(-c7ccccc7)nc7ccccc7c6c45)ccn3)c2)cc1. The zero-order valence-corrected chi connectivity index (χ0v) is 27.4. The average molecular weight is 653 g/mol. The molecule has 0 aliphatic carbocycles. The van der Waals surface area contributed by atoms with Crippen LogP contribution in [0, 0.1) is 0 Å². The van der Waals surface area contributed by atoms with Crippen LogP contribution in [-0.2, 0) is 0 Å². The first-order chi connectivity index (χ1) is 25.3.